The van der Waals surface area contributed by atoms with Gasteiger partial charge in [0.25, 0.3) is 0 Å². The maximum Gasteiger partial charge on any atom is 0.138 e. The summed E-state index contributed by atoms with van der Waals surface area (Å²) in [5.74, 6) is 1.53. The molecule has 16 heavy (non-hydrogen) atoms. The van der Waals surface area contributed by atoms with E-state index in [2.05, 4.69) is 17.0 Å². The summed E-state index contributed by atoms with van der Waals surface area (Å²) in [4.78, 5) is 4.23. The molecular weight excluding hydrogens is 202 g/mol. The molecule has 0 spiro atoms. The summed E-state index contributed by atoms with van der Waals surface area (Å²) in [6, 6.07) is 0. The monoisotopic (exact) mass is 223 g/mol. The normalized spacial score (nSPS) is 19.1. The lowest BCUT2D eigenvalue weighted by Gasteiger charge is -2.17. The van der Waals surface area contributed by atoms with Crippen LogP contribution in [0.3, 0.4) is 0 Å². The molecule has 0 amide bonds. The smallest absolute Gasteiger partial charge is 0.138 e. The fourth-order valence-electron chi connectivity index (χ4n) is 2.60. The summed E-state index contributed by atoms with van der Waals surface area (Å²) < 4.78 is 1.90. The van der Waals surface area contributed by atoms with Gasteiger partial charge < -0.3 is 5.11 Å². The highest BCUT2D eigenvalue weighted by Gasteiger charge is 2.23. The molecule has 1 atom stereocenters. The minimum Gasteiger partial charge on any atom is -0.393 e. The van der Waals surface area contributed by atoms with Crippen LogP contribution in [0.5, 0.6) is 0 Å². The van der Waals surface area contributed by atoms with Crippen LogP contribution in [0, 0.1) is 5.92 Å². The highest BCUT2D eigenvalue weighted by atomic mass is 16.3. The topological polar surface area (TPSA) is 50.9 Å². The second-order valence-corrected chi connectivity index (χ2v) is 4.64. The molecule has 0 saturated heterocycles. The Kier molecular flexibility index (Phi) is 3.93. The van der Waals surface area contributed by atoms with Gasteiger partial charge in [0.05, 0.1) is 6.10 Å². The van der Waals surface area contributed by atoms with Crippen LogP contribution in [-0.2, 0) is 13.0 Å². The first-order valence-corrected chi connectivity index (χ1v) is 6.36. The number of hydrogen-bond acceptors (Lipinski definition) is 3. The number of nitrogens with zero attached hydrogens (tertiary/aromatic N) is 3. The summed E-state index contributed by atoms with van der Waals surface area (Å²) >= 11 is 0. The van der Waals surface area contributed by atoms with Crippen LogP contribution in [-0.4, -0.2) is 26.0 Å². The quantitative estimate of drug-likeness (QED) is 0.828. The third kappa shape index (κ3) is 2.61. The second-order valence-electron chi connectivity index (χ2n) is 4.64. The molecule has 1 heterocycles. The molecule has 1 unspecified atom stereocenters. The molecule has 2 rings (SSSR count). The Bertz CT molecular complexity index is 318. The van der Waals surface area contributed by atoms with E-state index < -0.39 is 0 Å². The van der Waals surface area contributed by atoms with Crippen molar-refractivity contribution >= 4 is 0 Å². The minimum atomic E-state index is -0.149. The lowest BCUT2D eigenvalue weighted by atomic mass is 9.97. The van der Waals surface area contributed by atoms with Gasteiger partial charge in [-0.2, -0.15) is 5.10 Å². The van der Waals surface area contributed by atoms with Gasteiger partial charge in [-0.1, -0.05) is 12.8 Å². The number of aromatic nitrogens is 3. The largest absolute Gasteiger partial charge is 0.393 e. The van der Waals surface area contributed by atoms with Crippen LogP contribution in [0.25, 0.3) is 0 Å². The van der Waals surface area contributed by atoms with E-state index in [0.717, 1.165) is 25.2 Å². The molecule has 1 aliphatic carbocycles. The van der Waals surface area contributed by atoms with Gasteiger partial charge in [-0.15, -0.1) is 0 Å². The summed E-state index contributed by atoms with van der Waals surface area (Å²) in [5, 5.41) is 14.2. The molecule has 1 aromatic heterocycles. The average Bonchev–Trinajstić information content (AvgIpc) is 2.96. The standard InChI is InChI=1S/C12H21N3O/c1-2-15-12(13-9-14-15)8-7-11(16)10-5-3-4-6-10/h9-11,16H,2-8H2,1H3. The second kappa shape index (κ2) is 5.43. The van der Waals surface area contributed by atoms with Gasteiger partial charge in [-0.3, -0.25) is 4.68 Å². The third-order valence-electron chi connectivity index (χ3n) is 3.60. The van der Waals surface area contributed by atoms with Crippen molar-refractivity contribution in [2.75, 3.05) is 0 Å². The number of aryl methyl sites for hydroxylation is 2. The predicted octanol–water partition coefficient (Wildman–Crippen LogP) is 1.78. The van der Waals surface area contributed by atoms with Crippen LogP contribution in [0.1, 0.15) is 44.9 Å². The zero-order valence-corrected chi connectivity index (χ0v) is 9.97. The zero-order chi connectivity index (χ0) is 11.4. The lowest BCUT2D eigenvalue weighted by Crippen LogP contribution is -2.19. The van der Waals surface area contributed by atoms with Crippen molar-refractivity contribution < 1.29 is 5.11 Å². The summed E-state index contributed by atoms with van der Waals surface area (Å²) in [7, 11) is 0. The number of rotatable bonds is 5. The van der Waals surface area contributed by atoms with E-state index in [0.29, 0.717) is 5.92 Å². The highest BCUT2D eigenvalue weighted by molar-refractivity contribution is 4.86. The molecule has 4 heteroatoms. The molecule has 0 radical (unpaired) electrons. The van der Waals surface area contributed by atoms with E-state index in [1.54, 1.807) is 6.33 Å². The summed E-state index contributed by atoms with van der Waals surface area (Å²) in [5.41, 5.74) is 0. The van der Waals surface area contributed by atoms with E-state index in [1.807, 2.05) is 4.68 Å². The number of aliphatic hydroxyl groups excluding tert-OH is 1. The molecule has 0 bridgehead atoms. The van der Waals surface area contributed by atoms with Gasteiger partial charge in [-0.05, 0) is 32.1 Å². The van der Waals surface area contributed by atoms with E-state index in [1.165, 1.54) is 25.7 Å². The van der Waals surface area contributed by atoms with Crippen LogP contribution in [0.4, 0.5) is 0 Å². The van der Waals surface area contributed by atoms with Gasteiger partial charge in [0.2, 0.25) is 0 Å². The molecular formula is C12H21N3O. The van der Waals surface area contributed by atoms with Gasteiger partial charge >= 0.3 is 0 Å². The van der Waals surface area contributed by atoms with Gasteiger partial charge in [0, 0.05) is 13.0 Å². The molecule has 90 valence electrons. The summed E-state index contributed by atoms with van der Waals surface area (Å²) in [6.45, 7) is 2.92. The Hall–Kier alpha value is -0.900. The first kappa shape index (κ1) is 11.6. The van der Waals surface area contributed by atoms with Crippen LogP contribution in [0.15, 0.2) is 6.33 Å². The van der Waals surface area contributed by atoms with Gasteiger partial charge in [-0.25, -0.2) is 4.98 Å². The van der Waals surface area contributed by atoms with Crippen molar-refractivity contribution in [2.24, 2.45) is 5.92 Å². The summed E-state index contributed by atoms with van der Waals surface area (Å²) in [6.07, 6.45) is 8.07. The van der Waals surface area contributed by atoms with E-state index in [-0.39, 0.29) is 6.10 Å². The third-order valence-corrected chi connectivity index (χ3v) is 3.60. The zero-order valence-electron chi connectivity index (χ0n) is 9.97. The number of hydrogen-bond donors (Lipinski definition) is 1. The molecule has 0 aromatic carbocycles. The maximum atomic E-state index is 10.1. The fourth-order valence-corrected chi connectivity index (χ4v) is 2.60. The van der Waals surface area contributed by atoms with E-state index in [9.17, 15) is 5.11 Å². The van der Waals surface area contributed by atoms with E-state index in [4.69, 9.17) is 0 Å². The predicted molar refractivity (Wildman–Crippen MR) is 62.0 cm³/mol. The van der Waals surface area contributed by atoms with Crippen LogP contribution < -0.4 is 0 Å². The van der Waals surface area contributed by atoms with Crippen LogP contribution >= 0.6 is 0 Å². The van der Waals surface area contributed by atoms with Crippen LogP contribution in [0.2, 0.25) is 0 Å². The Morgan fingerprint density at radius 1 is 1.50 bits per heavy atom. The SMILES string of the molecule is CCn1ncnc1CCC(O)C1CCCC1. The number of aliphatic hydroxyl groups is 1. The first-order valence-electron chi connectivity index (χ1n) is 6.36. The molecule has 1 saturated carbocycles. The van der Waals surface area contributed by atoms with Crippen molar-refractivity contribution in [2.45, 2.75) is 58.1 Å². The molecule has 1 aliphatic rings. The van der Waals surface area contributed by atoms with Crippen molar-refractivity contribution in [3.63, 3.8) is 0 Å². The molecule has 1 N–H and O–H groups in total. The first-order chi connectivity index (χ1) is 7.81. The molecule has 4 nitrogen and oxygen atoms in total. The van der Waals surface area contributed by atoms with Gasteiger partial charge in [0.15, 0.2) is 0 Å². The van der Waals surface area contributed by atoms with Crippen molar-refractivity contribution in [1.82, 2.24) is 14.8 Å². The lowest BCUT2D eigenvalue weighted by molar-refractivity contribution is 0.101. The van der Waals surface area contributed by atoms with Crippen molar-refractivity contribution in [3.05, 3.63) is 12.2 Å². The highest BCUT2D eigenvalue weighted by Crippen LogP contribution is 2.29. The van der Waals surface area contributed by atoms with Gasteiger partial charge in [0.1, 0.15) is 12.2 Å². The average molecular weight is 223 g/mol. The van der Waals surface area contributed by atoms with Crippen molar-refractivity contribution in [1.29, 1.82) is 0 Å². The Morgan fingerprint density at radius 2 is 2.25 bits per heavy atom. The Morgan fingerprint density at radius 3 is 2.94 bits per heavy atom. The fraction of sp³-hybridized carbons (Fsp3) is 0.833. The Balaban J connectivity index is 1.82. The molecule has 1 fully saturated rings. The molecule has 0 aliphatic heterocycles. The minimum absolute atomic E-state index is 0.149. The van der Waals surface area contributed by atoms with E-state index >= 15 is 0 Å². The van der Waals surface area contributed by atoms with Crippen molar-refractivity contribution in [3.8, 4) is 0 Å². The molecule has 1 aromatic rings. The Labute approximate surface area is 96.7 Å². The maximum absolute atomic E-state index is 10.1.